The van der Waals surface area contributed by atoms with Crippen molar-refractivity contribution in [2.75, 3.05) is 31.9 Å². The molecule has 3 rings (SSSR count). The van der Waals surface area contributed by atoms with Gasteiger partial charge in [-0.1, -0.05) is 59.6 Å². The van der Waals surface area contributed by atoms with Crippen LogP contribution in [0.1, 0.15) is 11.1 Å². The Balaban J connectivity index is 1.39. The fourth-order valence-electron chi connectivity index (χ4n) is 2.98. The van der Waals surface area contributed by atoms with Gasteiger partial charge in [0.1, 0.15) is 0 Å². The molecule has 0 spiro atoms. The molecule has 0 unspecified atom stereocenters. The normalized spacial score (nSPS) is 15.2. The van der Waals surface area contributed by atoms with Crippen LogP contribution in [0.4, 0.5) is 0 Å². The lowest BCUT2D eigenvalue weighted by molar-refractivity contribution is -0.130. The summed E-state index contributed by atoms with van der Waals surface area (Å²) in [6.45, 7) is 4.40. The average Bonchev–Trinajstić information content (AvgIpc) is 2.65. The van der Waals surface area contributed by atoms with E-state index in [-0.39, 0.29) is 5.91 Å². The summed E-state index contributed by atoms with van der Waals surface area (Å²) in [6.07, 6.45) is 0. The maximum absolute atomic E-state index is 12.4. The lowest BCUT2D eigenvalue weighted by Crippen LogP contribution is -2.48. The largest absolute Gasteiger partial charge is 0.339 e. The molecule has 1 fully saturated rings. The van der Waals surface area contributed by atoms with Gasteiger partial charge >= 0.3 is 0 Å². The van der Waals surface area contributed by atoms with Gasteiger partial charge in [0.25, 0.3) is 0 Å². The quantitative estimate of drug-likeness (QED) is 0.698. The first kappa shape index (κ1) is 19.6. The third-order valence-electron chi connectivity index (χ3n) is 4.47. The van der Waals surface area contributed by atoms with Crippen LogP contribution in [0.25, 0.3) is 0 Å². The van der Waals surface area contributed by atoms with Crippen molar-refractivity contribution in [3.63, 3.8) is 0 Å². The number of carbonyl (C=O) groups is 1. The van der Waals surface area contributed by atoms with Crippen LogP contribution >= 0.6 is 35.0 Å². The summed E-state index contributed by atoms with van der Waals surface area (Å²) < 4.78 is 0. The third kappa shape index (κ3) is 5.65. The molecule has 0 bridgehead atoms. The smallest absolute Gasteiger partial charge is 0.232 e. The van der Waals surface area contributed by atoms with Gasteiger partial charge in [0.2, 0.25) is 5.91 Å². The van der Waals surface area contributed by atoms with Crippen molar-refractivity contribution in [2.24, 2.45) is 0 Å². The minimum Gasteiger partial charge on any atom is -0.339 e. The van der Waals surface area contributed by atoms with Gasteiger partial charge in [-0.05, 0) is 23.3 Å². The lowest BCUT2D eigenvalue weighted by Gasteiger charge is -2.34. The molecule has 2 aromatic carbocycles. The van der Waals surface area contributed by atoms with Crippen molar-refractivity contribution in [3.8, 4) is 0 Å². The first-order valence-corrected chi connectivity index (χ1v) is 10.6. The fourth-order valence-corrected chi connectivity index (χ4v) is 4.46. The van der Waals surface area contributed by atoms with Crippen molar-refractivity contribution in [1.29, 1.82) is 0 Å². The fraction of sp³-hybridized carbons (Fsp3) is 0.350. The van der Waals surface area contributed by atoms with Crippen molar-refractivity contribution in [2.45, 2.75) is 12.3 Å². The van der Waals surface area contributed by atoms with Gasteiger partial charge in [-0.15, -0.1) is 11.8 Å². The van der Waals surface area contributed by atoms with Crippen molar-refractivity contribution >= 4 is 40.9 Å². The van der Waals surface area contributed by atoms with Crippen LogP contribution in [0.5, 0.6) is 0 Å². The zero-order chi connectivity index (χ0) is 18.4. The molecule has 6 heteroatoms. The highest BCUT2D eigenvalue weighted by molar-refractivity contribution is 7.99. The molecule has 0 N–H and O–H groups in total. The van der Waals surface area contributed by atoms with Gasteiger partial charge in [-0.2, -0.15) is 0 Å². The standard InChI is InChI=1S/C20H22Cl2N2OS/c21-18-7-6-17(19(22)12-18)14-26-15-20(25)24-10-8-23(9-11-24)13-16-4-2-1-3-5-16/h1-7,12H,8-11,13-15H2. The number of halogens is 2. The van der Waals surface area contributed by atoms with Gasteiger partial charge in [0.05, 0.1) is 5.75 Å². The maximum Gasteiger partial charge on any atom is 0.232 e. The molecule has 138 valence electrons. The Kier molecular flexibility index (Phi) is 7.26. The predicted octanol–water partition coefficient (Wildman–Crippen LogP) is 4.57. The molecule has 1 saturated heterocycles. The van der Waals surface area contributed by atoms with E-state index >= 15 is 0 Å². The van der Waals surface area contributed by atoms with E-state index in [0.717, 1.165) is 44.0 Å². The zero-order valence-electron chi connectivity index (χ0n) is 14.5. The summed E-state index contributed by atoms with van der Waals surface area (Å²) in [5.41, 5.74) is 2.34. The molecule has 1 aliphatic rings. The highest BCUT2D eigenvalue weighted by Gasteiger charge is 2.21. The summed E-state index contributed by atoms with van der Waals surface area (Å²) in [6, 6.07) is 16.0. The Labute approximate surface area is 169 Å². The molecule has 1 heterocycles. The number of carbonyl (C=O) groups excluding carboxylic acids is 1. The molecule has 1 aliphatic heterocycles. The summed E-state index contributed by atoms with van der Waals surface area (Å²) in [5, 5.41) is 1.29. The Morgan fingerprint density at radius 3 is 2.42 bits per heavy atom. The highest BCUT2D eigenvalue weighted by atomic mass is 35.5. The number of thioether (sulfide) groups is 1. The van der Waals surface area contributed by atoms with Crippen LogP contribution in [-0.4, -0.2) is 47.6 Å². The molecule has 1 amide bonds. The molecule has 0 atom stereocenters. The molecule has 0 radical (unpaired) electrons. The first-order chi connectivity index (χ1) is 12.6. The average molecular weight is 409 g/mol. The molecule has 26 heavy (non-hydrogen) atoms. The second-order valence-corrected chi connectivity index (χ2v) is 8.20. The highest BCUT2D eigenvalue weighted by Crippen LogP contribution is 2.25. The number of hydrogen-bond donors (Lipinski definition) is 0. The van der Waals surface area contributed by atoms with Gasteiger partial charge in [-0.25, -0.2) is 0 Å². The van der Waals surface area contributed by atoms with E-state index in [1.54, 1.807) is 17.8 Å². The number of nitrogens with zero attached hydrogens (tertiary/aromatic N) is 2. The number of amides is 1. The van der Waals surface area contributed by atoms with E-state index in [2.05, 4.69) is 29.2 Å². The second kappa shape index (κ2) is 9.65. The molecular weight excluding hydrogens is 387 g/mol. The molecule has 0 saturated carbocycles. The summed E-state index contributed by atoms with van der Waals surface area (Å²) in [7, 11) is 0. The molecule has 0 aliphatic carbocycles. The Morgan fingerprint density at radius 2 is 1.73 bits per heavy atom. The van der Waals surface area contributed by atoms with Crippen LogP contribution in [0.2, 0.25) is 10.0 Å². The monoisotopic (exact) mass is 408 g/mol. The minimum atomic E-state index is 0.208. The third-order valence-corrected chi connectivity index (χ3v) is 6.03. The SMILES string of the molecule is O=C(CSCc1ccc(Cl)cc1Cl)N1CCN(Cc2ccccc2)CC1. The van der Waals surface area contributed by atoms with Crippen LogP contribution in [0.15, 0.2) is 48.5 Å². The summed E-state index contributed by atoms with van der Waals surface area (Å²) in [5.74, 6) is 1.41. The van der Waals surface area contributed by atoms with Gasteiger partial charge < -0.3 is 4.90 Å². The second-order valence-electron chi connectivity index (χ2n) is 6.37. The molecule has 2 aromatic rings. The van der Waals surface area contributed by atoms with E-state index in [1.165, 1.54) is 5.56 Å². The van der Waals surface area contributed by atoms with Crippen molar-refractivity contribution in [1.82, 2.24) is 9.80 Å². The van der Waals surface area contributed by atoms with E-state index in [0.29, 0.717) is 15.8 Å². The predicted molar refractivity (Wildman–Crippen MR) is 111 cm³/mol. The van der Waals surface area contributed by atoms with Crippen LogP contribution in [0.3, 0.4) is 0 Å². The topological polar surface area (TPSA) is 23.6 Å². The number of piperazine rings is 1. The maximum atomic E-state index is 12.4. The Morgan fingerprint density at radius 1 is 1.00 bits per heavy atom. The van der Waals surface area contributed by atoms with Gasteiger partial charge in [-0.3, -0.25) is 9.69 Å². The summed E-state index contributed by atoms with van der Waals surface area (Å²) in [4.78, 5) is 16.8. The van der Waals surface area contributed by atoms with Crippen molar-refractivity contribution in [3.05, 3.63) is 69.7 Å². The zero-order valence-corrected chi connectivity index (χ0v) is 16.9. The van der Waals surface area contributed by atoms with Gasteiger partial charge in [0.15, 0.2) is 0 Å². The van der Waals surface area contributed by atoms with Crippen LogP contribution in [-0.2, 0) is 17.1 Å². The molecular formula is C20H22Cl2N2OS. The van der Waals surface area contributed by atoms with E-state index in [1.807, 2.05) is 23.1 Å². The van der Waals surface area contributed by atoms with Crippen molar-refractivity contribution < 1.29 is 4.79 Å². The van der Waals surface area contributed by atoms with Crippen LogP contribution < -0.4 is 0 Å². The van der Waals surface area contributed by atoms with E-state index < -0.39 is 0 Å². The lowest BCUT2D eigenvalue weighted by atomic mass is 10.2. The van der Waals surface area contributed by atoms with Crippen LogP contribution in [0, 0.1) is 0 Å². The van der Waals surface area contributed by atoms with Gasteiger partial charge in [0, 0.05) is 48.5 Å². The Hall–Kier alpha value is -1.20. The first-order valence-electron chi connectivity index (χ1n) is 8.67. The van der Waals surface area contributed by atoms with E-state index in [9.17, 15) is 4.79 Å². The molecule has 3 nitrogen and oxygen atoms in total. The Bertz CT molecular complexity index is 734. The number of benzene rings is 2. The molecule has 0 aromatic heterocycles. The summed E-state index contributed by atoms with van der Waals surface area (Å²) >= 11 is 13.7. The minimum absolute atomic E-state index is 0.208. The number of rotatable bonds is 6. The van der Waals surface area contributed by atoms with E-state index in [4.69, 9.17) is 23.2 Å². The number of hydrogen-bond acceptors (Lipinski definition) is 3.